The number of morpholine rings is 1. The number of carbonyl (C=O) groups is 1. The van der Waals surface area contributed by atoms with Crippen LogP contribution in [-0.4, -0.2) is 55.2 Å². The Morgan fingerprint density at radius 3 is 2.15 bits per heavy atom. The number of amides is 1. The van der Waals surface area contributed by atoms with Crippen LogP contribution in [0.2, 0.25) is 0 Å². The summed E-state index contributed by atoms with van der Waals surface area (Å²) in [5.41, 5.74) is 1.79. The SMILES string of the molecule is CCNC(=NCc1ccc(C(=O)N2CC(C)OC(C)C2)cc1)NCC.I. The van der Waals surface area contributed by atoms with Gasteiger partial charge in [0, 0.05) is 31.7 Å². The van der Waals surface area contributed by atoms with Crippen LogP contribution in [0, 0.1) is 0 Å². The number of benzene rings is 1. The Labute approximate surface area is 173 Å². The minimum atomic E-state index is 0. The zero-order chi connectivity index (χ0) is 18.2. The maximum absolute atomic E-state index is 12.7. The number of nitrogens with one attached hydrogen (secondary N) is 2. The number of hydrogen-bond donors (Lipinski definition) is 2. The lowest BCUT2D eigenvalue weighted by Gasteiger charge is -2.35. The minimum absolute atomic E-state index is 0. The lowest BCUT2D eigenvalue weighted by atomic mass is 10.1. The molecule has 0 aromatic heterocycles. The third-order valence-corrected chi connectivity index (χ3v) is 4.02. The smallest absolute Gasteiger partial charge is 0.254 e. The molecule has 0 aliphatic carbocycles. The summed E-state index contributed by atoms with van der Waals surface area (Å²) >= 11 is 0. The number of aliphatic imine (C=N–C) groups is 1. The molecule has 2 rings (SSSR count). The number of hydrogen-bond acceptors (Lipinski definition) is 3. The molecular weight excluding hydrogens is 443 g/mol. The van der Waals surface area contributed by atoms with E-state index >= 15 is 0 Å². The number of carbonyl (C=O) groups excluding carboxylic acids is 1. The summed E-state index contributed by atoms with van der Waals surface area (Å²) in [5, 5.41) is 6.40. The molecule has 1 aliphatic heterocycles. The van der Waals surface area contributed by atoms with Crippen molar-refractivity contribution in [3.63, 3.8) is 0 Å². The van der Waals surface area contributed by atoms with E-state index in [4.69, 9.17) is 4.74 Å². The van der Waals surface area contributed by atoms with Crippen LogP contribution in [0.15, 0.2) is 29.3 Å². The molecule has 2 N–H and O–H groups in total. The van der Waals surface area contributed by atoms with Gasteiger partial charge in [-0.05, 0) is 45.4 Å². The molecule has 26 heavy (non-hydrogen) atoms. The number of halogens is 1. The van der Waals surface area contributed by atoms with E-state index in [1.807, 2.05) is 56.9 Å². The Kier molecular flexibility index (Phi) is 9.93. The van der Waals surface area contributed by atoms with Crippen LogP contribution >= 0.6 is 24.0 Å². The Morgan fingerprint density at radius 1 is 1.12 bits per heavy atom. The fourth-order valence-electron chi connectivity index (χ4n) is 2.96. The van der Waals surface area contributed by atoms with Gasteiger partial charge in [0.1, 0.15) is 0 Å². The van der Waals surface area contributed by atoms with Crippen molar-refractivity contribution in [2.75, 3.05) is 26.2 Å². The summed E-state index contributed by atoms with van der Waals surface area (Å²) in [4.78, 5) is 19.1. The molecule has 1 aliphatic rings. The standard InChI is InChI=1S/C19H30N4O2.HI/c1-5-20-19(21-6-2)22-11-16-7-9-17(10-8-16)18(24)23-12-14(3)25-15(4)13-23;/h7-10,14-15H,5-6,11-13H2,1-4H3,(H2,20,21,22);1H. The zero-order valence-corrected chi connectivity index (χ0v) is 18.4. The lowest BCUT2D eigenvalue weighted by molar-refractivity contribution is -0.0586. The largest absolute Gasteiger partial charge is 0.372 e. The highest BCUT2D eigenvalue weighted by Gasteiger charge is 2.26. The Hall–Kier alpha value is -1.35. The fourth-order valence-corrected chi connectivity index (χ4v) is 2.96. The van der Waals surface area contributed by atoms with Gasteiger partial charge in [-0.2, -0.15) is 0 Å². The number of guanidine groups is 1. The number of ether oxygens (including phenoxy) is 1. The van der Waals surface area contributed by atoms with Crippen LogP contribution in [0.4, 0.5) is 0 Å². The van der Waals surface area contributed by atoms with Gasteiger partial charge in [0.15, 0.2) is 5.96 Å². The first-order valence-electron chi connectivity index (χ1n) is 9.09. The van der Waals surface area contributed by atoms with Crippen LogP contribution in [0.3, 0.4) is 0 Å². The van der Waals surface area contributed by atoms with Gasteiger partial charge in [-0.25, -0.2) is 4.99 Å². The zero-order valence-electron chi connectivity index (χ0n) is 16.1. The van der Waals surface area contributed by atoms with E-state index in [-0.39, 0.29) is 42.1 Å². The van der Waals surface area contributed by atoms with Gasteiger partial charge in [0.2, 0.25) is 0 Å². The second kappa shape index (κ2) is 11.4. The summed E-state index contributed by atoms with van der Waals surface area (Å²) in [7, 11) is 0. The first-order valence-corrected chi connectivity index (χ1v) is 9.09. The van der Waals surface area contributed by atoms with Crippen LogP contribution in [-0.2, 0) is 11.3 Å². The van der Waals surface area contributed by atoms with Crippen molar-refractivity contribution >= 4 is 35.8 Å². The summed E-state index contributed by atoms with van der Waals surface area (Å²) in [6.45, 7) is 11.6. The predicted octanol–water partition coefficient (Wildman–Crippen LogP) is 2.63. The molecule has 0 spiro atoms. The average Bonchev–Trinajstić information content (AvgIpc) is 2.59. The van der Waals surface area contributed by atoms with Crippen molar-refractivity contribution in [1.29, 1.82) is 0 Å². The van der Waals surface area contributed by atoms with Crippen molar-refractivity contribution in [1.82, 2.24) is 15.5 Å². The van der Waals surface area contributed by atoms with Crippen LogP contribution in [0.5, 0.6) is 0 Å². The van der Waals surface area contributed by atoms with E-state index in [2.05, 4.69) is 15.6 Å². The first kappa shape index (κ1) is 22.7. The molecule has 0 bridgehead atoms. The van der Waals surface area contributed by atoms with Crippen LogP contribution in [0.25, 0.3) is 0 Å². The Bertz CT molecular complexity index is 574. The maximum atomic E-state index is 12.7. The molecule has 7 heteroatoms. The first-order chi connectivity index (χ1) is 12.0. The summed E-state index contributed by atoms with van der Waals surface area (Å²) in [6.07, 6.45) is 0.161. The molecule has 0 saturated carbocycles. The highest BCUT2D eigenvalue weighted by Crippen LogP contribution is 2.15. The molecular formula is C19H31IN4O2. The second-order valence-corrected chi connectivity index (χ2v) is 6.39. The maximum Gasteiger partial charge on any atom is 0.254 e. The van der Waals surface area contributed by atoms with Crippen molar-refractivity contribution in [3.8, 4) is 0 Å². The number of nitrogens with zero attached hydrogens (tertiary/aromatic N) is 2. The third-order valence-electron chi connectivity index (χ3n) is 4.02. The molecule has 1 aromatic carbocycles. The monoisotopic (exact) mass is 474 g/mol. The van der Waals surface area contributed by atoms with Crippen molar-refractivity contribution in [2.45, 2.75) is 46.4 Å². The lowest BCUT2D eigenvalue weighted by Crippen LogP contribution is -2.48. The van der Waals surface area contributed by atoms with E-state index in [1.165, 1.54) is 0 Å². The predicted molar refractivity (Wildman–Crippen MR) is 116 cm³/mol. The molecule has 1 fully saturated rings. The second-order valence-electron chi connectivity index (χ2n) is 6.39. The van der Waals surface area contributed by atoms with Crippen LogP contribution in [0.1, 0.15) is 43.6 Å². The van der Waals surface area contributed by atoms with E-state index in [9.17, 15) is 4.79 Å². The van der Waals surface area contributed by atoms with E-state index in [0.29, 0.717) is 25.2 Å². The van der Waals surface area contributed by atoms with Gasteiger partial charge in [-0.1, -0.05) is 12.1 Å². The van der Waals surface area contributed by atoms with Gasteiger partial charge in [-0.15, -0.1) is 24.0 Å². The van der Waals surface area contributed by atoms with E-state index < -0.39 is 0 Å². The van der Waals surface area contributed by atoms with Crippen molar-refractivity contribution < 1.29 is 9.53 Å². The molecule has 1 heterocycles. The molecule has 1 saturated heterocycles. The van der Waals surface area contributed by atoms with Gasteiger partial charge in [0.25, 0.3) is 5.91 Å². The summed E-state index contributed by atoms with van der Waals surface area (Å²) in [5.74, 6) is 0.875. The molecule has 1 aromatic rings. The minimum Gasteiger partial charge on any atom is -0.372 e. The summed E-state index contributed by atoms with van der Waals surface area (Å²) < 4.78 is 5.70. The molecule has 6 nitrogen and oxygen atoms in total. The fraction of sp³-hybridized carbons (Fsp3) is 0.579. The molecule has 2 unspecified atom stereocenters. The molecule has 1 amide bonds. The quantitative estimate of drug-likeness (QED) is 0.391. The summed E-state index contributed by atoms with van der Waals surface area (Å²) in [6, 6.07) is 7.72. The van der Waals surface area contributed by atoms with Gasteiger partial charge < -0.3 is 20.3 Å². The van der Waals surface area contributed by atoms with E-state index in [0.717, 1.165) is 24.6 Å². The average molecular weight is 474 g/mol. The normalized spacial score (nSPS) is 19.3. The van der Waals surface area contributed by atoms with Gasteiger partial charge in [0.05, 0.1) is 18.8 Å². The van der Waals surface area contributed by atoms with Crippen molar-refractivity contribution in [2.24, 2.45) is 4.99 Å². The Balaban J connectivity index is 0.00000338. The number of rotatable bonds is 5. The van der Waals surface area contributed by atoms with Crippen molar-refractivity contribution in [3.05, 3.63) is 35.4 Å². The highest BCUT2D eigenvalue weighted by atomic mass is 127. The molecule has 146 valence electrons. The molecule has 2 atom stereocenters. The van der Waals surface area contributed by atoms with Gasteiger partial charge >= 0.3 is 0 Å². The topological polar surface area (TPSA) is 66.0 Å². The Morgan fingerprint density at radius 2 is 1.65 bits per heavy atom. The molecule has 0 radical (unpaired) electrons. The van der Waals surface area contributed by atoms with Gasteiger partial charge in [-0.3, -0.25) is 4.79 Å². The highest BCUT2D eigenvalue weighted by molar-refractivity contribution is 14.0. The third kappa shape index (κ3) is 6.75. The van der Waals surface area contributed by atoms with E-state index in [1.54, 1.807) is 0 Å². The van der Waals surface area contributed by atoms with Crippen LogP contribution < -0.4 is 10.6 Å².